The summed E-state index contributed by atoms with van der Waals surface area (Å²) in [6.45, 7) is 0. The first-order valence-corrected chi connectivity index (χ1v) is 1.09. The SMILES string of the molecule is O=CC(F)(F)F.[H-].[H-].[Mg+2]. The molecule has 1 nitrogen and oxygen atoms in total. The molecule has 0 bridgehead atoms. The van der Waals surface area contributed by atoms with E-state index in [0.717, 1.165) is 0 Å². The van der Waals surface area contributed by atoms with E-state index in [9.17, 15) is 13.2 Å². The molecule has 0 radical (unpaired) electrons. The molecular formula is C2H3F3MgO. The molecule has 0 fully saturated rings. The van der Waals surface area contributed by atoms with E-state index in [0.29, 0.717) is 0 Å². The Morgan fingerprint density at radius 1 is 1.43 bits per heavy atom. The molecule has 0 aromatic rings. The fraction of sp³-hybridized carbons (Fsp3) is 0.500. The number of hydrogen-bond acceptors (Lipinski definition) is 1. The molecule has 0 aliphatic heterocycles. The molecule has 0 spiro atoms. The van der Waals surface area contributed by atoms with Gasteiger partial charge in [0.1, 0.15) is 0 Å². The van der Waals surface area contributed by atoms with E-state index < -0.39 is 12.5 Å². The Kier molecular flexibility index (Phi) is 4.77. The normalized spacial score (nSPS) is 9.57. The smallest absolute Gasteiger partial charge is 1.00 e. The molecule has 0 aliphatic rings. The second-order valence-corrected chi connectivity index (χ2v) is 0.659. The Hall–Kier alpha value is 0.226. The summed E-state index contributed by atoms with van der Waals surface area (Å²) in [5.41, 5.74) is 0. The Balaban J connectivity index is -0.0000000417. The largest absolute Gasteiger partial charge is 2.00 e. The predicted octanol–water partition coefficient (Wildman–Crippen LogP) is 0.592. The maximum absolute atomic E-state index is 10.4. The molecule has 0 heterocycles. The topological polar surface area (TPSA) is 17.1 Å². The van der Waals surface area contributed by atoms with Gasteiger partial charge in [-0.15, -0.1) is 0 Å². The number of carbonyl (C=O) groups is 1. The van der Waals surface area contributed by atoms with Crippen LogP contribution in [0.25, 0.3) is 0 Å². The van der Waals surface area contributed by atoms with E-state index in [-0.39, 0.29) is 25.9 Å². The number of halogens is 3. The number of aldehydes is 1. The molecule has 0 rings (SSSR count). The average molecular weight is 124 g/mol. The van der Waals surface area contributed by atoms with Gasteiger partial charge in [0.05, 0.1) is 0 Å². The Morgan fingerprint density at radius 3 is 1.57 bits per heavy atom. The van der Waals surface area contributed by atoms with Crippen molar-refractivity contribution in [1.82, 2.24) is 0 Å². The van der Waals surface area contributed by atoms with Gasteiger partial charge in [0.15, 0.2) is 0 Å². The van der Waals surface area contributed by atoms with Crippen LogP contribution < -0.4 is 0 Å². The monoisotopic (exact) mass is 124 g/mol. The van der Waals surface area contributed by atoms with Crippen LogP contribution in [0.4, 0.5) is 13.2 Å². The minimum Gasteiger partial charge on any atom is -1.00 e. The molecule has 0 aromatic carbocycles. The Morgan fingerprint density at radius 2 is 1.57 bits per heavy atom. The fourth-order valence-electron chi connectivity index (χ4n) is 0. The molecule has 0 saturated heterocycles. The number of alkyl halides is 3. The molecule has 0 unspecified atom stereocenters. The van der Waals surface area contributed by atoms with E-state index in [2.05, 4.69) is 0 Å². The van der Waals surface area contributed by atoms with Crippen LogP contribution in [-0.4, -0.2) is 35.5 Å². The molecule has 0 atom stereocenters. The van der Waals surface area contributed by atoms with E-state index >= 15 is 0 Å². The third-order valence-corrected chi connectivity index (χ3v) is 0.134. The van der Waals surface area contributed by atoms with Crippen LogP contribution in [0.3, 0.4) is 0 Å². The zero-order chi connectivity index (χ0) is 5.21. The van der Waals surface area contributed by atoms with E-state index in [1.54, 1.807) is 0 Å². The second-order valence-electron chi connectivity index (χ2n) is 0.659. The molecule has 0 saturated carbocycles. The fourth-order valence-corrected chi connectivity index (χ4v) is 0. The first-order chi connectivity index (χ1) is 2.56. The molecule has 0 aliphatic carbocycles. The van der Waals surface area contributed by atoms with Gasteiger partial charge >= 0.3 is 29.2 Å². The van der Waals surface area contributed by atoms with Gasteiger partial charge < -0.3 is 2.85 Å². The standard InChI is InChI=1S/C2HF3O.Mg.2H/c3-2(4,5)1-6;;;/h1H;;;/q;+2;2*-1. The van der Waals surface area contributed by atoms with Crippen molar-refractivity contribution in [3.63, 3.8) is 0 Å². The average Bonchev–Trinajstić information content (AvgIpc) is 1.35. The number of carbonyl (C=O) groups excluding carboxylic acids is 1. The molecule has 5 heteroatoms. The van der Waals surface area contributed by atoms with E-state index in [4.69, 9.17) is 4.79 Å². The predicted molar refractivity (Wildman–Crippen MR) is 20.1 cm³/mol. The first kappa shape index (κ1) is 10.3. The van der Waals surface area contributed by atoms with Gasteiger partial charge in [0, 0.05) is 0 Å². The third-order valence-electron chi connectivity index (χ3n) is 0.134. The van der Waals surface area contributed by atoms with Crippen LogP contribution in [0.2, 0.25) is 0 Å². The number of hydrogen-bond donors (Lipinski definition) is 0. The maximum Gasteiger partial charge on any atom is 2.00 e. The first-order valence-electron chi connectivity index (χ1n) is 1.09. The Bertz CT molecular complexity index is 65.3. The summed E-state index contributed by atoms with van der Waals surface area (Å²) in [5.74, 6) is 0. The van der Waals surface area contributed by atoms with Crippen LogP contribution in [0.15, 0.2) is 0 Å². The second kappa shape index (κ2) is 3.26. The maximum atomic E-state index is 10.4. The van der Waals surface area contributed by atoms with Crippen LogP contribution in [-0.2, 0) is 4.79 Å². The summed E-state index contributed by atoms with van der Waals surface area (Å²) in [5, 5.41) is 0. The summed E-state index contributed by atoms with van der Waals surface area (Å²) >= 11 is 0. The van der Waals surface area contributed by atoms with Crippen molar-refractivity contribution in [2.45, 2.75) is 6.18 Å². The third kappa shape index (κ3) is 10.7. The van der Waals surface area contributed by atoms with Crippen LogP contribution in [0, 0.1) is 0 Å². The van der Waals surface area contributed by atoms with Crippen LogP contribution >= 0.6 is 0 Å². The van der Waals surface area contributed by atoms with Gasteiger partial charge in [-0.25, -0.2) is 0 Å². The summed E-state index contributed by atoms with van der Waals surface area (Å²) in [6, 6.07) is 0. The molecule has 0 aromatic heterocycles. The van der Waals surface area contributed by atoms with Crippen molar-refractivity contribution >= 4 is 29.3 Å². The van der Waals surface area contributed by atoms with Gasteiger partial charge in [0.2, 0.25) is 6.29 Å². The Labute approximate surface area is 57.0 Å². The van der Waals surface area contributed by atoms with Crippen LogP contribution in [0.1, 0.15) is 2.85 Å². The van der Waals surface area contributed by atoms with Crippen molar-refractivity contribution in [2.75, 3.05) is 0 Å². The molecule has 0 N–H and O–H groups in total. The van der Waals surface area contributed by atoms with Gasteiger partial charge in [-0.2, -0.15) is 13.2 Å². The van der Waals surface area contributed by atoms with Gasteiger partial charge in [-0.3, -0.25) is 4.79 Å². The van der Waals surface area contributed by atoms with Gasteiger partial charge in [-0.05, 0) is 0 Å². The van der Waals surface area contributed by atoms with Crippen LogP contribution in [0.5, 0.6) is 0 Å². The summed E-state index contributed by atoms with van der Waals surface area (Å²) < 4.78 is 31.2. The number of rotatable bonds is 0. The zero-order valence-corrected chi connectivity index (χ0v) is 4.74. The quantitative estimate of drug-likeness (QED) is 0.341. The molecular weight excluding hydrogens is 121 g/mol. The minimum atomic E-state index is -4.64. The summed E-state index contributed by atoms with van der Waals surface area (Å²) in [4.78, 5) is 8.70. The van der Waals surface area contributed by atoms with E-state index in [1.807, 2.05) is 0 Å². The minimum absolute atomic E-state index is 0. The van der Waals surface area contributed by atoms with Gasteiger partial charge in [-0.1, -0.05) is 0 Å². The van der Waals surface area contributed by atoms with E-state index in [1.165, 1.54) is 0 Å². The van der Waals surface area contributed by atoms with Crippen molar-refractivity contribution in [3.8, 4) is 0 Å². The summed E-state index contributed by atoms with van der Waals surface area (Å²) in [6.07, 6.45) is -5.70. The van der Waals surface area contributed by atoms with Gasteiger partial charge in [0.25, 0.3) is 0 Å². The zero-order valence-electron chi connectivity index (χ0n) is 5.33. The molecule has 7 heavy (non-hydrogen) atoms. The van der Waals surface area contributed by atoms with Crippen molar-refractivity contribution in [3.05, 3.63) is 0 Å². The molecule has 40 valence electrons. The van der Waals surface area contributed by atoms with Crippen molar-refractivity contribution < 1.29 is 20.8 Å². The van der Waals surface area contributed by atoms with Crippen molar-refractivity contribution in [2.24, 2.45) is 0 Å². The van der Waals surface area contributed by atoms with Crippen molar-refractivity contribution in [1.29, 1.82) is 0 Å². The summed E-state index contributed by atoms with van der Waals surface area (Å²) in [7, 11) is 0. The molecule has 0 amide bonds.